The summed E-state index contributed by atoms with van der Waals surface area (Å²) in [6, 6.07) is 9.72. The smallest absolute Gasteiger partial charge is 0.274 e. The summed E-state index contributed by atoms with van der Waals surface area (Å²) in [7, 11) is 0. The van der Waals surface area contributed by atoms with Gasteiger partial charge in [0.2, 0.25) is 0 Å². The number of carbonyl (C=O) groups excluding carboxylic acids is 1. The Morgan fingerprint density at radius 2 is 2.00 bits per heavy atom. The van der Waals surface area contributed by atoms with Gasteiger partial charge in [-0.1, -0.05) is 6.07 Å². The number of halogens is 2. The van der Waals surface area contributed by atoms with Gasteiger partial charge in [-0.25, -0.2) is 4.39 Å². The van der Waals surface area contributed by atoms with E-state index in [1.807, 2.05) is 6.07 Å². The minimum Gasteiger partial charge on any atom is -0.322 e. The summed E-state index contributed by atoms with van der Waals surface area (Å²) in [6.07, 6.45) is 0. The van der Waals surface area contributed by atoms with Crippen LogP contribution in [0.4, 0.5) is 15.8 Å². The van der Waals surface area contributed by atoms with Crippen molar-refractivity contribution >= 4 is 39.9 Å². The molecule has 7 heteroatoms. The van der Waals surface area contributed by atoms with Crippen LogP contribution in [0.15, 0.2) is 42.5 Å². The Balaban J connectivity index is 2.26. The SMILES string of the molecule is O=C(Nc1cc(F)cc([N+](=O)[O-])c1)c1cccc(I)c1. The van der Waals surface area contributed by atoms with Crippen LogP contribution in [0.1, 0.15) is 10.4 Å². The molecule has 20 heavy (non-hydrogen) atoms. The number of amides is 1. The lowest BCUT2D eigenvalue weighted by Gasteiger charge is -2.06. The summed E-state index contributed by atoms with van der Waals surface area (Å²) < 4.78 is 14.1. The maximum absolute atomic E-state index is 13.2. The van der Waals surface area contributed by atoms with Crippen molar-refractivity contribution in [3.05, 3.63) is 67.5 Å². The molecule has 0 heterocycles. The van der Waals surface area contributed by atoms with Crippen LogP contribution in [-0.4, -0.2) is 10.8 Å². The topological polar surface area (TPSA) is 72.2 Å². The summed E-state index contributed by atoms with van der Waals surface area (Å²) in [5.74, 6) is -1.24. The first-order chi connectivity index (χ1) is 9.45. The average Bonchev–Trinajstić information content (AvgIpc) is 2.37. The van der Waals surface area contributed by atoms with Gasteiger partial charge in [-0.2, -0.15) is 0 Å². The fourth-order valence-electron chi connectivity index (χ4n) is 1.58. The van der Waals surface area contributed by atoms with E-state index in [2.05, 4.69) is 27.9 Å². The number of nitro groups is 1. The van der Waals surface area contributed by atoms with Crippen molar-refractivity contribution in [2.24, 2.45) is 0 Å². The Morgan fingerprint density at radius 3 is 2.65 bits per heavy atom. The van der Waals surface area contributed by atoms with Crippen molar-refractivity contribution in [3.63, 3.8) is 0 Å². The van der Waals surface area contributed by atoms with Crippen molar-refractivity contribution in [3.8, 4) is 0 Å². The van der Waals surface area contributed by atoms with Gasteiger partial charge in [0.15, 0.2) is 0 Å². The maximum Gasteiger partial charge on any atom is 0.274 e. The lowest BCUT2D eigenvalue weighted by Crippen LogP contribution is -2.12. The van der Waals surface area contributed by atoms with Crippen LogP contribution in [0.25, 0.3) is 0 Å². The van der Waals surface area contributed by atoms with E-state index in [1.165, 1.54) is 0 Å². The van der Waals surface area contributed by atoms with Crippen LogP contribution in [0.3, 0.4) is 0 Å². The van der Waals surface area contributed by atoms with Gasteiger partial charge >= 0.3 is 0 Å². The highest BCUT2D eigenvalue weighted by Crippen LogP contribution is 2.20. The Hall–Kier alpha value is -2.03. The van der Waals surface area contributed by atoms with Crippen LogP contribution in [0, 0.1) is 19.5 Å². The molecule has 2 rings (SSSR count). The molecule has 1 amide bonds. The van der Waals surface area contributed by atoms with E-state index in [0.717, 1.165) is 21.8 Å². The standard InChI is InChI=1S/C13H8FIN2O3/c14-9-5-11(7-12(6-9)17(19)20)16-13(18)8-2-1-3-10(15)4-8/h1-7H,(H,16,18). The van der Waals surface area contributed by atoms with E-state index < -0.39 is 22.3 Å². The predicted octanol–water partition coefficient (Wildman–Crippen LogP) is 3.59. The van der Waals surface area contributed by atoms with Gasteiger partial charge in [-0.15, -0.1) is 0 Å². The van der Waals surface area contributed by atoms with E-state index in [0.29, 0.717) is 5.56 Å². The molecule has 0 spiro atoms. The number of anilines is 1. The number of nitrogens with zero attached hydrogens (tertiary/aromatic N) is 1. The summed E-state index contributed by atoms with van der Waals surface area (Å²) >= 11 is 2.06. The van der Waals surface area contributed by atoms with E-state index in [1.54, 1.807) is 18.2 Å². The highest BCUT2D eigenvalue weighted by molar-refractivity contribution is 14.1. The number of rotatable bonds is 3. The van der Waals surface area contributed by atoms with E-state index >= 15 is 0 Å². The molecule has 0 saturated carbocycles. The summed E-state index contributed by atoms with van der Waals surface area (Å²) in [4.78, 5) is 21.9. The summed E-state index contributed by atoms with van der Waals surface area (Å²) in [5.41, 5.74) is 0.0207. The first-order valence-electron chi connectivity index (χ1n) is 5.47. The third kappa shape index (κ3) is 3.50. The van der Waals surface area contributed by atoms with Gasteiger partial charge in [-0.05, 0) is 46.9 Å². The first-order valence-corrected chi connectivity index (χ1v) is 6.55. The van der Waals surface area contributed by atoms with Gasteiger partial charge < -0.3 is 5.32 Å². The Kier molecular flexibility index (Phi) is 4.28. The van der Waals surface area contributed by atoms with Crippen molar-refractivity contribution in [2.45, 2.75) is 0 Å². The number of benzene rings is 2. The van der Waals surface area contributed by atoms with Crippen LogP contribution in [0.5, 0.6) is 0 Å². The van der Waals surface area contributed by atoms with Crippen LogP contribution < -0.4 is 5.32 Å². The van der Waals surface area contributed by atoms with Gasteiger partial charge in [-0.3, -0.25) is 14.9 Å². The summed E-state index contributed by atoms with van der Waals surface area (Å²) in [6.45, 7) is 0. The second-order valence-electron chi connectivity index (χ2n) is 3.92. The number of hydrogen-bond donors (Lipinski definition) is 1. The third-order valence-electron chi connectivity index (χ3n) is 2.44. The number of non-ortho nitro benzene ring substituents is 1. The minimum atomic E-state index is -0.780. The molecule has 5 nitrogen and oxygen atoms in total. The zero-order valence-electron chi connectivity index (χ0n) is 9.97. The van der Waals surface area contributed by atoms with E-state index in [-0.39, 0.29) is 5.69 Å². The first kappa shape index (κ1) is 14.4. The molecule has 1 N–H and O–H groups in total. The molecule has 0 aliphatic carbocycles. The normalized spacial score (nSPS) is 10.1. The third-order valence-corrected chi connectivity index (χ3v) is 3.11. The van der Waals surface area contributed by atoms with Gasteiger partial charge in [0.1, 0.15) is 5.82 Å². The van der Waals surface area contributed by atoms with Gasteiger partial charge in [0.05, 0.1) is 16.7 Å². The molecule has 0 unspecified atom stereocenters. The Labute approximate surface area is 127 Å². The molecule has 0 fully saturated rings. The lowest BCUT2D eigenvalue weighted by molar-refractivity contribution is -0.385. The largest absolute Gasteiger partial charge is 0.322 e. The quantitative estimate of drug-likeness (QED) is 0.498. The zero-order valence-corrected chi connectivity index (χ0v) is 12.1. The molecule has 0 aliphatic rings. The molecule has 102 valence electrons. The molecule has 2 aromatic rings. The molecule has 0 saturated heterocycles. The highest BCUT2D eigenvalue weighted by Gasteiger charge is 2.12. The van der Waals surface area contributed by atoms with Crippen LogP contribution in [0.2, 0.25) is 0 Å². The molecule has 0 aliphatic heterocycles. The number of nitro benzene ring substituents is 1. The average molecular weight is 386 g/mol. The molecule has 0 atom stereocenters. The van der Waals surface area contributed by atoms with E-state index in [4.69, 9.17) is 0 Å². The van der Waals surface area contributed by atoms with Gasteiger partial charge in [0.25, 0.3) is 11.6 Å². The van der Waals surface area contributed by atoms with Crippen LogP contribution >= 0.6 is 22.6 Å². The molecule has 0 radical (unpaired) electrons. The molecule has 0 aromatic heterocycles. The summed E-state index contributed by atoms with van der Waals surface area (Å²) in [5, 5.41) is 13.1. The predicted molar refractivity (Wildman–Crippen MR) is 80.2 cm³/mol. The maximum atomic E-state index is 13.2. The fourth-order valence-corrected chi connectivity index (χ4v) is 2.13. The molecular formula is C13H8FIN2O3. The Bertz CT molecular complexity index is 691. The monoisotopic (exact) mass is 386 g/mol. The van der Waals surface area contributed by atoms with Crippen molar-refractivity contribution in [1.29, 1.82) is 0 Å². The van der Waals surface area contributed by atoms with Crippen molar-refractivity contribution in [1.82, 2.24) is 0 Å². The fraction of sp³-hybridized carbons (Fsp3) is 0. The molecule has 2 aromatic carbocycles. The number of carbonyl (C=O) groups is 1. The van der Waals surface area contributed by atoms with E-state index in [9.17, 15) is 19.3 Å². The van der Waals surface area contributed by atoms with Crippen molar-refractivity contribution < 1.29 is 14.1 Å². The highest BCUT2D eigenvalue weighted by atomic mass is 127. The number of hydrogen-bond acceptors (Lipinski definition) is 3. The van der Waals surface area contributed by atoms with Gasteiger partial charge in [0, 0.05) is 15.2 Å². The minimum absolute atomic E-state index is 0.0422. The zero-order chi connectivity index (χ0) is 14.7. The number of nitrogens with one attached hydrogen (secondary N) is 1. The Morgan fingerprint density at radius 1 is 1.25 bits per heavy atom. The second-order valence-corrected chi connectivity index (χ2v) is 5.17. The second kappa shape index (κ2) is 5.95. The molecule has 0 bridgehead atoms. The van der Waals surface area contributed by atoms with Crippen LogP contribution in [-0.2, 0) is 0 Å². The van der Waals surface area contributed by atoms with Crippen molar-refractivity contribution in [2.75, 3.05) is 5.32 Å². The lowest BCUT2D eigenvalue weighted by atomic mass is 10.2. The molecular weight excluding hydrogens is 378 g/mol.